The zero-order chi connectivity index (χ0) is 20.1. The number of rotatable bonds is 8. The average Bonchev–Trinajstić information content (AvgIpc) is 3.24. The summed E-state index contributed by atoms with van der Waals surface area (Å²) >= 11 is 3.12. The molecular formula is C20H24N4O2S2. The van der Waals surface area contributed by atoms with E-state index in [1.54, 1.807) is 18.4 Å². The first-order valence-electron chi connectivity index (χ1n) is 9.09. The van der Waals surface area contributed by atoms with E-state index >= 15 is 0 Å². The molecule has 1 amide bonds. The number of hydrogen-bond donors (Lipinski definition) is 1. The lowest BCUT2D eigenvalue weighted by atomic mass is 10.1. The molecular weight excluding hydrogens is 392 g/mol. The van der Waals surface area contributed by atoms with Crippen LogP contribution >= 0.6 is 23.1 Å². The molecule has 0 saturated heterocycles. The van der Waals surface area contributed by atoms with Crippen LogP contribution in [0.5, 0.6) is 5.75 Å². The lowest BCUT2D eigenvalue weighted by molar-refractivity contribution is -0.113. The maximum atomic E-state index is 12.4. The number of para-hydroxylation sites is 2. The van der Waals surface area contributed by atoms with Crippen molar-refractivity contribution in [2.75, 3.05) is 18.2 Å². The van der Waals surface area contributed by atoms with Crippen LogP contribution in [-0.2, 0) is 11.3 Å². The molecule has 1 N–H and O–H groups in total. The van der Waals surface area contributed by atoms with Crippen LogP contribution in [0, 0.1) is 13.8 Å². The van der Waals surface area contributed by atoms with Gasteiger partial charge in [0.1, 0.15) is 5.75 Å². The standard InChI is InChI=1S/C20H24N4O2S2/c1-5-10-24-19(15-11-27-14(3)13(15)2)22-23-20(24)28-12-18(25)21-16-8-6-7-9-17(16)26-4/h6-9,11H,5,10,12H2,1-4H3,(H,21,25). The lowest BCUT2D eigenvalue weighted by Gasteiger charge is -2.10. The van der Waals surface area contributed by atoms with Crippen molar-refractivity contribution < 1.29 is 9.53 Å². The van der Waals surface area contributed by atoms with Crippen molar-refractivity contribution in [2.45, 2.75) is 38.9 Å². The summed E-state index contributed by atoms with van der Waals surface area (Å²) in [7, 11) is 1.59. The van der Waals surface area contributed by atoms with E-state index in [0.29, 0.717) is 11.4 Å². The number of thiophene rings is 1. The molecule has 1 aromatic carbocycles. The number of amides is 1. The third-order valence-electron chi connectivity index (χ3n) is 4.40. The van der Waals surface area contributed by atoms with E-state index in [9.17, 15) is 4.79 Å². The van der Waals surface area contributed by atoms with Crippen molar-refractivity contribution in [3.05, 3.63) is 40.1 Å². The second-order valence-corrected chi connectivity index (χ2v) is 8.35. The molecule has 0 bridgehead atoms. The number of carbonyl (C=O) groups is 1. The quantitative estimate of drug-likeness (QED) is 0.536. The fourth-order valence-electron chi connectivity index (χ4n) is 2.82. The van der Waals surface area contributed by atoms with E-state index in [1.165, 1.54) is 22.2 Å². The highest BCUT2D eigenvalue weighted by Gasteiger charge is 2.18. The van der Waals surface area contributed by atoms with Crippen LogP contribution in [0.3, 0.4) is 0 Å². The van der Waals surface area contributed by atoms with Gasteiger partial charge in [0, 0.05) is 22.4 Å². The van der Waals surface area contributed by atoms with Crippen LogP contribution in [-0.4, -0.2) is 33.5 Å². The van der Waals surface area contributed by atoms with Crippen LogP contribution in [0.25, 0.3) is 11.4 Å². The van der Waals surface area contributed by atoms with Gasteiger partial charge in [0.05, 0.1) is 18.6 Å². The van der Waals surface area contributed by atoms with Gasteiger partial charge < -0.3 is 14.6 Å². The van der Waals surface area contributed by atoms with Gasteiger partial charge in [-0.1, -0.05) is 30.8 Å². The molecule has 2 heterocycles. The molecule has 0 radical (unpaired) electrons. The number of carbonyl (C=O) groups excluding carboxylic acids is 1. The molecule has 0 atom stereocenters. The van der Waals surface area contributed by atoms with E-state index in [4.69, 9.17) is 4.74 Å². The first-order valence-corrected chi connectivity index (χ1v) is 11.0. The summed E-state index contributed by atoms with van der Waals surface area (Å²) < 4.78 is 7.39. The average molecular weight is 417 g/mol. The first-order chi connectivity index (χ1) is 13.5. The number of thioether (sulfide) groups is 1. The monoisotopic (exact) mass is 416 g/mol. The number of nitrogens with one attached hydrogen (secondary N) is 1. The minimum atomic E-state index is -0.107. The van der Waals surface area contributed by atoms with Gasteiger partial charge in [-0.2, -0.15) is 0 Å². The summed E-state index contributed by atoms with van der Waals surface area (Å²) in [6, 6.07) is 7.37. The first kappa shape index (κ1) is 20.4. The molecule has 3 rings (SSSR count). The molecule has 0 aliphatic rings. The van der Waals surface area contributed by atoms with E-state index in [0.717, 1.165) is 29.5 Å². The Labute approximate surface area is 173 Å². The minimum Gasteiger partial charge on any atom is -0.495 e. The Morgan fingerprint density at radius 2 is 2.07 bits per heavy atom. The minimum absolute atomic E-state index is 0.107. The lowest BCUT2D eigenvalue weighted by Crippen LogP contribution is -2.15. The number of nitrogens with zero attached hydrogens (tertiary/aromatic N) is 3. The zero-order valence-corrected chi connectivity index (χ0v) is 18.1. The van der Waals surface area contributed by atoms with E-state index in [1.807, 2.05) is 24.3 Å². The van der Waals surface area contributed by atoms with E-state index < -0.39 is 0 Å². The van der Waals surface area contributed by atoms with Gasteiger partial charge in [-0.25, -0.2) is 0 Å². The summed E-state index contributed by atoms with van der Waals surface area (Å²) in [5.74, 6) is 1.66. The number of aryl methyl sites for hydroxylation is 1. The van der Waals surface area contributed by atoms with Crippen LogP contribution in [0.4, 0.5) is 5.69 Å². The van der Waals surface area contributed by atoms with Crippen molar-refractivity contribution in [2.24, 2.45) is 0 Å². The summed E-state index contributed by atoms with van der Waals surface area (Å²) in [6.45, 7) is 7.16. The van der Waals surface area contributed by atoms with Crippen molar-refractivity contribution in [1.29, 1.82) is 0 Å². The van der Waals surface area contributed by atoms with Crippen LogP contribution in [0.2, 0.25) is 0 Å². The number of benzene rings is 1. The molecule has 0 aliphatic carbocycles. The molecule has 0 spiro atoms. The van der Waals surface area contributed by atoms with Crippen molar-refractivity contribution >= 4 is 34.7 Å². The van der Waals surface area contributed by atoms with Gasteiger partial charge in [0.2, 0.25) is 5.91 Å². The molecule has 0 unspecified atom stereocenters. The Kier molecular flexibility index (Phi) is 6.74. The van der Waals surface area contributed by atoms with Crippen molar-refractivity contribution in [1.82, 2.24) is 14.8 Å². The predicted octanol–water partition coefficient (Wildman–Crippen LogP) is 4.77. The maximum absolute atomic E-state index is 12.4. The molecule has 2 aromatic heterocycles. The van der Waals surface area contributed by atoms with Gasteiger partial charge in [-0.15, -0.1) is 21.5 Å². The molecule has 148 valence electrons. The second kappa shape index (κ2) is 9.25. The summed E-state index contributed by atoms with van der Waals surface area (Å²) in [6.07, 6.45) is 0.966. The van der Waals surface area contributed by atoms with E-state index in [2.05, 4.69) is 46.2 Å². The summed E-state index contributed by atoms with van der Waals surface area (Å²) in [4.78, 5) is 13.7. The van der Waals surface area contributed by atoms with Crippen molar-refractivity contribution in [3.63, 3.8) is 0 Å². The SMILES string of the molecule is CCCn1c(SCC(=O)Nc2ccccc2OC)nnc1-c1csc(C)c1C. The predicted molar refractivity (Wildman–Crippen MR) is 115 cm³/mol. The Morgan fingerprint density at radius 1 is 1.29 bits per heavy atom. The van der Waals surface area contributed by atoms with Gasteiger partial charge in [0.25, 0.3) is 0 Å². The summed E-state index contributed by atoms with van der Waals surface area (Å²) in [5, 5.41) is 14.5. The molecule has 0 aliphatic heterocycles. The Morgan fingerprint density at radius 3 is 2.75 bits per heavy atom. The van der Waals surface area contributed by atoms with Gasteiger partial charge >= 0.3 is 0 Å². The van der Waals surface area contributed by atoms with Gasteiger partial charge in [-0.3, -0.25) is 4.79 Å². The number of ether oxygens (including phenoxy) is 1. The maximum Gasteiger partial charge on any atom is 0.234 e. The number of aromatic nitrogens is 3. The van der Waals surface area contributed by atoms with Crippen LogP contribution < -0.4 is 10.1 Å². The molecule has 3 aromatic rings. The molecule has 6 nitrogen and oxygen atoms in total. The number of methoxy groups -OCH3 is 1. The van der Waals surface area contributed by atoms with Gasteiger partial charge in [-0.05, 0) is 38.0 Å². The third-order valence-corrected chi connectivity index (χ3v) is 6.38. The second-order valence-electron chi connectivity index (χ2n) is 6.33. The fourth-order valence-corrected chi connectivity index (χ4v) is 4.45. The Hall–Kier alpha value is -2.32. The largest absolute Gasteiger partial charge is 0.495 e. The normalized spacial score (nSPS) is 10.9. The highest BCUT2D eigenvalue weighted by molar-refractivity contribution is 7.99. The fraction of sp³-hybridized carbons (Fsp3) is 0.350. The molecule has 8 heteroatoms. The number of anilines is 1. The number of hydrogen-bond acceptors (Lipinski definition) is 6. The molecule has 28 heavy (non-hydrogen) atoms. The van der Waals surface area contributed by atoms with Crippen LogP contribution in [0.15, 0.2) is 34.8 Å². The summed E-state index contributed by atoms with van der Waals surface area (Å²) in [5.41, 5.74) is 3.02. The zero-order valence-electron chi connectivity index (χ0n) is 16.5. The van der Waals surface area contributed by atoms with Crippen LogP contribution in [0.1, 0.15) is 23.8 Å². The van der Waals surface area contributed by atoms with Gasteiger partial charge in [0.15, 0.2) is 11.0 Å². The van der Waals surface area contributed by atoms with Crippen molar-refractivity contribution in [3.8, 4) is 17.1 Å². The topological polar surface area (TPSA) is 69.0 Å². The molecule has 0 fully saturated rings. The molecule has 0 saturated carbocycles. The third kappa shape index (κ3) is 4.39. The smallest absolute Gasteiger partial charge is 0.234 e. The van der Waals surface area contributed by atoms with E-state index in [-0.39, 0.29) is 11.7 Å². The Balaban J connectivity index is 1.74. The highest BCUT2D eigenvalue weighted by atomic mass is 32.2. The Bertz CT molecular complexity index is 965. The highest BCUT2D eigenvalue weighted by Crippen LogP contribution is 2.32.